The minimum Gasteiger partial charge on any atom is -0.355 e. The van der Waals surface area contributed by atoms with Gasteiger partial charge < -0.3 is 10.3 Å². The Morgan fingerprint density at radius 1 is 1.31 bits per heavy atom. The van der Waals surface area contributed by atoms with Crippen molar-refractivity contribution >= 4 is 5.95 Å². The second kappa shape index (κ2) is 3.40. The average Bonchev–Trinajstić information content (AvgIpc) is 2.27. The van der Waals surface area contributed by atoms with Crippen LogP contribution in [0, 0.1) is 19.3 Å². The van der Waals surface area contributed by atoms with Gasteiger partial charge in [-0.05, 0) is 19.3 Å². The third-order valence-corrected chi connectivity index (χ3v) is 1.91. The molecule has 0 aromatic carbocycles. The van der Waals surface area contributed by atoms with Gasteiger partial charge in [0.15, 0.2) is 0 Å². The Balaban J connectivity index is 2.56. The number of nitrogens with one attached hydrogen (secondary N) is 2. The molecule has 0 unspecified atom stereocenters. The maximum Gasteiger partial charge on any atom is 0.200 e. The fraction of sp³-hybridized carbons (Fsp3) is 0.700. The molecule has 0 radical (unpaired) electrons. The highest BCUT2D eigenvalue weighted by Crippen LogP contribution is 2.14. The SMILES string of the molecule is Cc1nc(NCC(C)(C)C)[nH]c1C. The van der Waals surface area contributed by atoms with Crippen LogP contribution in [0.4, 0.5) is 5.95 Å². The van der Waals surface area contributed by atoms with E-state index in [-0.39, 0.29) is 5.41 Å². The molecule has 74 valence electrons. The molecular weight excluding hydrogens is 162 g/mol. The van der Waals surface area contributed by atoms with Crippen LogP contribution in [0.5, 0.6) is 0 Å². The lowest BCUT2D eigenvalue weighted by Gasteiger charge is -2.18. The van der Waals surface area contributed by atoms with Crippen molar-refractivity contribution in [3.8, 4) is 0 Å². The van der Waals surface area contributed by atoms with E-state index in [0.29, 0.717) is 0 Å². The number of H-pyrrole nitrogens is 1. The number of hydrogen-bond donors (Lipinski definition) is 2. The van der Waals surface area contributed by atoms with Gasteiger partial charge in [-0.3, -0.25) is 0 Å². The molecule has 0 saturated heterocycles. The van der Waals surface area contributed by atoms with Gasteiger partial charge in [-0.1, -0.05) is 20.8 Å². The van der Waals surface area contributed by atoms with Gasteiger partial charge in [-0.25, -0.2) is 4.98 Å². The molecule has 0 aliphatic rings. The molecule has 2 N–H and O–H groups in total. The smallest absolute Gasteiger partial charge is 0.200 e. The fourth-order valence-electron chi connectivity index (χ4n) is 0.980. The van der Waals surface area contributed by atoms with E-state index in [0.717, 1.165) is 23.9 Å². The second-order valence-electron chi connectivity index (χ2n) is 4.71. The van der Waals surface area contributed by atoms with E-state index in [1.165, 1.54) is 0 Å². The maximum absolute atomic E-state index is 4.35. The quantitative estimate of drug-likeness (QED) is 0.736. The highest BCUT2D eigenvalue weighted by Gasteiger charge is 2.10. The highest BCUT2D eigenvalue weighted by molar-refractivity contribution is 5.30. The van der Waals surface area contributed by atoms with Crippen LogP contribution in [0.2, 0.25) is 0 Å². The molecule has 1 aromatic rings. The first kappa shape index (κ1) is 10.1. The number of aromatic amines is 1. The molecule has 0 aliphatic heterocycles. The number of nitrogens with zero attached hydrogens (tertiary/aromatic N) is 1. The van der Waals surface area contributed by atoms with E-state index >= 15 is 0 Å². The van der Waals surface area contributed by atoms with Crippen LogP contribution in [0.3, 0.4) is 0 Å². The van der Waals surface area contributed by atoms with Crippen molar-refractivity contribution in [2.75, 3.05) is 11.9 Å². The number of aromatic nitrogens is 2. The summed E-state index contributed by atoms with van der Waals surface area (Å²) in [5, 5.41) is 3.28. The summed E-state index contributed by atoms with van der Waals surface area (Å²) in [5.41, 5.74) is 2.49. The molecular formula is C10H19N3. The zero-order chi connectivity index (χ0) is 10.1. The Kier molecular flexibility index (Phi) is 2.64. The molecule has 3 nitrogen and oxygen atoms in total. The Morgan fingerprint density at radius 3 is 2.31 bits per heavy atom. The first-order chi connectivity index (χ1) is 5.88. The van der Waals surface area contributed by atoms with Gasteiger partial charge in [-0.15, -0.1) is 0 Å². The van der Waals surface area contributed by atoms with Crippen molar-refractivity contribution in [1.29, 1.82) is 0 Å². The van der Waals surface area contributed by atoms with Crippen molar-refractivity contribution in [3.05, 3.63) is 11.4 Å². The molecule has 1 rings (SSSR count). The minimum absolute atomic E-state index is 0.286. The van der Waals surface area contributed by atoms with Crippen LogP contribution >= 0.6 is 0 Å². The van der Waals surface area contributed by atoms with Gasteiger partial charge in [-0.2, -0.15) is 0 Å². The zero-order valence-electron chi connectivity index (χ0n) is 9.15. The number of hydrogen-bond acceptors (Lipinski definition) is 2. The molecule has 3 heteroatoms. The number of anilines is 1. The van der Waals surface area contributed by atoms with Gasteiger partial charge in [0.2, 0.25) is 5.95 Å². The predicted molar refractivity (Wildman–Crippen MR) is 56.0 cm³/mol. The average molecular weight is 181 g/mol. The molecule has 0 atom stereocenters. The first-order valence-corrected chi connectivity index (χ1v) is 4.65. The van der Waals surface area contributed by atoms with E-state index in [1.54, 1.807) is 0 Å². The van der Waals surface area contributed by atoms with Crippen LogP contribution in [-0.4, -0.2) is 16.5 Å². The Bertz CT molecular complexity index is 261. The molecule has 0 bridgehead atoms. The van der Waals surface area contributed by atoms with Crippen LogP contribution in [0.25, 0.3) is 0 Å². The number of rotatable bonds is 2. The standard InChI is InChI=1S/C10H19N3/c1-7-8(2)13-9(12-7)11-6-10(3,4)5/h6H2,1-5H3,(H2,11,12,13). The summed E-state index contributed by atoms with van der Waals surface area (Å²) in [5.74, 6) is 0.880. The Morgan fingerprint density at radius 2 is 1.92 bits per heavy atom. The second-order valence-corrected chi connectivity index (χ2v) is 4.71. The van der Waals surface area contributed by atoms with E-state index in [1.807, 2.05) is 13.8 Å². The molecule has 0 aliphatic carbocycles. The van der Waals surface area contributed by atoms with Crippen LogP contribution in [0.1, 0.15) is 32.2 Å². The van der Waals surface area contributed by atoms with Gasteiger partial charge in [0.05, 0.1) is 5.69 Å². The lowest BCUT2D eigenvalue weighted by atomic mass is 9.97. The molecule has 0 saturated carbocycles. The summed E-state index contributed by atoms with van der Waals surface area (Å²) < 4.78 is 0. The maximum atomic E-state index is 4.35. The lowest BCUT2D eigenvalue weighted by molar-refractivity contribution is 0.442. The van der Waals surface area contributed by atoms with Crippen LogP contribution in [-0.2, 0) is 0 Å². The summed E-state index contributed by atoms with van der Waals surface area (Å²) in [7, 11) is 0. The third kappa shape index (κ3) is 3.09. The van der Waals surface area contributed by atoms with E-state index in [2.05, 4.69) is 36.1 Å². The van der Waals surface area contributed by atoms with Crippen LogP contribution < -0.4 is 5.32 Å². The fourth-order valence-corrected chi connectivity index (χ4v) is 0.980. The van der Waals surface area contributed by atoms with Gasteiger partial charge in [0.25, 0.3) is 0 Å². The van der Waals surface area contributed by atoms with Crippen LogP contribution in [0.15, 0.2) is 0 Å². The molecule has 13 heavy (non-hydrogen) atoms. The molecule has 1 aromatic heterocycles. The van der Waals surface area contributed by atoms with E-state index in [9.17, 15) is 0 Å². The first-order valence-electron chi connectivity index (χ1n) is 4.65. The molecule has 0 fully saturated rings. The van der Waals surface area contributed by atoms with Crippen molar-refractivity contribution in [3.63, 3.8) is 0 Å². The Hall–Kier alpha value is -0.990. The zero-order valence-corrected chi connectivity index (χ0v) is 9.15. The topological polar surface area (TPSA) is 40.7 Å². The summed E-state index contributed by atoms with van der Waals surface area (Å²) >= 11 is 0. The third-order valence-electron chi connectivity index (χ3n) is 1.91. The minimum atomic E-state index is 0.286. The molecule has 1 heterocycles. The molecule has 0 spiro atoms. The summed E-state index contributed by atoms with van der Waals surface area (Å²) in [6.45, 7) is 11.6. The number of imidazole rings is 1. The van der Waals surface area contributed by atoms with Gasteiger partial charge in [0, 0.05) is 12.2 Å². The van der Waals surface area contributed by atoms with E-state index in [4.69, 9.17) is 0 Å². The Labute approximate surface area is 80.0 Å². The summed E-state index contributed by atoms with van der Waals surface area (Å²) in [6, 6.07) is 0. The lowest BCUT2D eigenvalue weighted by Crippen LogP contribution is -2.19. The monoisotopic (exact) mass is 181 g/mol. The van der Waals surface area contributed by atoms with E-state index < -0.39 is 0 Å². The van der Waals surface area contributed by atoms with Crippen molar-refractivity contribution in [2.24, 2.45) is 5.41 Å². The number of aryl methyl sites for hydroxylation is 2. The predicted octanol–water partition coefficient (Wildman–Crippen LogP) is 2.48. The normalized spacial score (nSPS) is 11.8. The summed E-state index contributed by atoms with van der Waals surface area (Å²) in [6.07, 6.45) is 0. The molecule has 0 amide bonds. The van der Waals surface area contributed by atoms with Crippen molar-refractivity contribution < 1.29 is 0 Å². The van der Waals surface area contributed by atoms with Crippen molar-refractivity contribution in [2.45, 2.75) is 34.6 Å². The van der Waals surface area contributed by atoms with Gasteiger partial charge >= 0.3 is 0 Å². The summed E-state index contributed by atoms with van der Waals surface area (Å²) in [4.78, 5) is 7.54. The van der Waals surface area contributed by atoms with Gasteiger partial charge in [0.1, 0.15) is 0 Å². The highest BCUT2D eigenvalue weighted by atomic mass is 15.1. The van der Waals surface area contributed by atoms with Crippen molar-refractivity contribution in [1.82, 2.24) is 9.97 Å². The largest absolute Gasteiger partial charge is 0.355 e.